The molecule has 0 radical (unpaired) electrons. The minimum absolute atomic E-state index is 0.0700. The highest BCUT2D eigenvalue weighted by atomic mass is 32.2. The maximum atomic E-state index is 12.8. The number of aliphatic carboxylic acids is 1. The monoisotopic (exact) mass is 396 g/mol. The number of hydrogen-bond acceptors (Lipinski definition) is 4. The summed E-state index contributed by atoms with van der Waals surface area (Å²) in [5.41, 5.74) is 0.792. The van der Waals surface area contributed by atoms with Crippen molar-refractivity contribution < 1.29 is 23.1 Å². The molecular formula is C19H28N2O5S. The van der Waals surface area contributed by atoms with Crippen molar-refractivity contribution in [1.29, 1.82) is 0 Å². The lowest BCUT2D eigenvalue weighted by molar-refractivity contribution is -0.139. The molecular weight excluding hydrogens is 368 g/mol. The Morgan fingerprint density at radius 3 is 2.48 bits per heavy atom. The number of sulfonamides is 1. The quantitative estimate of drug-likeness (QED) is 0.703. The van der Waals surface area contributed by atoms with Gasteiger partial charge in [-0.25, -0.2) is 13.2 Å². The highest BCUT2D eigenvalue weighted by molar-refractivity contribution is 7.89. The van der Waals surface area contributed by atoms with Crippen molar-refractivity contribution >= 4 is 21.9 Å². The Hall–Kier alpha value is -1.93. The summed E-state index contributed by atoms with van der Waals surface area (Å²) in [7, 11) is -3.66. The Morgan fingerprint density at radius 1 is 1.22 bits per heavy atom. The summed E-state index contributed by atoms with van der Waals surface area (Å²) in [6.07, 6.45) is 4.51. The lowest BCUT2D eigenvalue weighted by Gasteiger charge is -2.26. The third kappa shape index (κ3) is 5.29. The van der Waals surface area contributed by atoms with Crippen molar-refractivity contribution in [2.75, 3.05) is 13.1 Å². The number of carbonyl (C=O) groups excluding carboxylic acids is 1. The fourth-order valence-corrected chi connectivity index (χ4v) is 4.71. The van der Waals surface area contributed by atoms with Gasteiger partial charge in [-0.3, -0.25) is 4.79 Å². The van der Waals surface area contributed by atoms with Crippen molar-refractivity contribution in [3.63, 3.8) is 0 Å². The Bertz CT molecular complexity index is 785. The number of carbonyl (C=O) groups is 2. The molecule has 1 aromatic rings. The van der Waals surface area contributed by atoms with Crippen LogP contribution in [0.25, 0.3) is 0 Å². The molecule has 1 saturated heterocycles. The van der Waals surface area contributed by atoms with Crippen LogP contribution in [0.1, 0.15) is 61.4 Å². The van der Waals surface area contributed by atoms with Crippen LogP contribution in [0.3, 0.4) is 0 Å². The van der Waals surface area contributed by atoms with Gasteiger partial charge in [-0.2, -0.15) is 4.31 Å². The Kier molecular flexibility index (Phi) is 7.38. The summed E-state index contributed by atoms with van der Waals surface area (Å²) >= 11 is 0. The molecule has 0 bridgehead atoms. The lowest BCUT2D eigenvalue weighted by Crippen LogP contribution is -2.41. The van der Waals surface area contributed by atoms with Gasteiger partial charge in [0.1, 0.15) is 6.04 Å². The molecule has 0 saturated carbocycles. The number of carboxylic acid groups (broad SMARTS) is 1. The number of rotatable bonds is 8. The predicted molar refractivity (Wildman–Crippen MR) is 102 cm³/mol. The molecule has 1 aromatic carbocycles. The first-order valence-electron chi connectivity index (χ1n) is 9.42. The van der Waals surface area contributed by atoms with Crippen LogP contribution in [0.4, 0.5) is 0 Å². The van der Waals surface area contributed by atoms with Gasteiger partial charge in [0, 0.05) is 18.7 Å². The van der Waals surface area contributed by atoms with Gasteiger partial charge in [0.2, 0.25) is 10.0 Å². The molecule has 8 heteroatoms. The second kappa shape index (κ2) is 9.32. The van der Waals surface area contributed by atoms with Crippen LogP contribution >= 0.6 is 0 Å². The first kappa shape index (κ1) is 21.4. The fraction of sp³-hybridized carbons (Fsp3) is 0.579. The number of aryl methyl sites for hydroxylation is 1. The number of piperidine rings is 1. The first-order valence-corrected chi connectivity index (χ1v) is 10.9. The summed E-state index contributed by atoms with van der Waals surface area (Å²) in [6, 6.07) is 3.46. The summed E-state index contributed by atoms with van der Waals surface area (Å²) in [4.78, 5) is 24.1. The topological polar surface area (TPSA) is 104 Å². The summed E-state index contributed by atoms with van der Waals surface area (Å²) in [5, 5.41) is 11.8. The van der Waals surface area contributed by atoms with Crippen molar-refractivity contribution in [3.8, 4) is 0 Å². The Labute approximate surface area is 160 Å². The van der Waals surface area contributed by atoms with Crippen molar-refractivity contribution in [3.05, 3.63) is 29.3 Å². The maximum Gasteiger partial charge on any atom is 0.326 e. The lowest BCUT2D eigenvalue weighted by atomic mass is 10.1. The zero-order valence-electron chi connectivity index (χ0n) is 15.9. The molecule has 0 aliphatic carbocycles. The average molecular weight is 397 g/mol. The second-order valence-corrected chi connectivity index (χ2v) is 8.89. The molecule has 2 N–H and O–H groups in total. The van der Waals surface area contributed by atoms with Crippen LogP contribution in [0.5, 0.6) is 0 Å². The third-order valence-electron chi connectivity index (χ3n) is 4.86. The van der Waals surface area contributed by atoms with Gasteiger partial charge < -0.3 is 10.4 Å². The van der Waals surface area contributed by atoms with Gasteiger partial charge >= 0.3 is 5.97 Å². The van der Waals surface area contributed by atoms with Crippen LogP contribution in [-0.2, 0) is 14.8 Å². The summed E-state index contributed by atoms with van der Waals surface area (Å²) in [6.45, 7) is 4.61. The van der Waals surface area contributed by atoms with E-state index in [1.807, 2.05) is 6.92 Å². The predicted octanol–water partition coefficient (Wildman–Crippen LogP) is 2.54. The number of unbranched alkanes of at least 4 members (excludes halogenated alkanes) is 1. The fourth-order valence-electron chi connectivity index (χ4n) is 3.16. The number of carboxylic acids is 1. The van der Waals surface area contributed by atoms with Gasteiger partial charge in [0.15, 0.2) is 0 Å². The highest BCUT2D eigenvalue weighted by Crippen LogP contribution is 2.23. The maximum absolute atomic E-state index is 12.8. The molecule has 1 heterocycles. The first-order chi connectivity index (χ1) is 12.8. The standard InChI is InChI=1S/C19H28N2O5S/c1-3-4-8-17(19(23)24)20-18(22)16-13-15(10-9-14(16)2)27(25,26)21-11-6-5-7-12-21/h9-10,13,17H,3-8,11-12H2,1-2H3,(H,20,22)(H,23,24)/t17-/m0/s1. The molecule has 1 amide bonds. The van der Waals surface area contributed by atoms with E-state index in [9.17, 15) is 23.1 Å². The molecule has 27 heavy (non-hydrogen) atoms. The minimum atomic E-state index is -3.66. The molecule has 0 aromatic heterocycles. The van der Waals surface area contributed by atoms with E-state index in [1.54, 1.807) is 13.0 Å². The summed E-state index contributed by atoms with van der Waals surface area (Å²) < 4.78 is 27.1. The Morgan fingerprint density at radius 2 is 1.89 bits per heavy atom. The largest absolute Gasteiger partial charge is 0.480 e. The van der Waals surface area contributed by atoms with Gasteiger partial charge in [-0.1, -0.05) is 32.3 Å². The van der Waals surface area contributed by atoms with Crippen LogP contribution in [0.15, 0.2) is 23.1 Å². The molecule has 7 nitrogen and oxygen atoms in total. The number of hydrogen-bond donors (Lipinski definition) is 2. The van der Waals surface area contributed by atoms with Crippen LogP contribution in [0, 0.1) is 6.92 Å². The third-order valence-corrected chi connectivity index (χ3v) is 6.75. The van der Waals surface area contributed by atoms with E-state index in [2.05, 4.69) is 5.32 Å². The van der Waals surface area contributed by atoms with Gasteiger partial charge in [0.05, 0.1) is 4.90 Å². The number of nitrogens with zero attached hydrogens (tertiary/aromatic N) is 1. The molecule has 0 spiro atoms. The average Bonchev–Trinajstić information content (AvgIpc) is 2.65. The van der Waals surface area contributed by atoms with E-state index < -0.39 is 27.9 Å². The number of amides is 1. The molecule has 1 atom stereocenters. The van der Waals surface area contributed by atoms with Crippen molar-refractivity contribution in [2.45, 2.75) is 63.3 Å². The van der Waals surface area contributed by atoms with E-state index >= 15 is 0 Å². The highest BCUT2D eigenvalue weighted by Gasteiger charge is 2.28. The smallest absolute Gasteiger partial charge is 0.326 e. The molecule has 150 valence electrons. The second-order valence-electron chi connectivity index (χ2n) is 6.95. The number of nitrogens with one attached hydrogen (secondary N) is 1. The van der Waals surface area contributed by atoms with E-state index in [1.165, 1.54) is 16.4 Å². The van der Waals surface area contributed by atoms with Crippen molar-refractivity contribution in [1.82, 2.24) is 9.62 Å². The van der Waals surface area contributed by atoms with Crippen LogP contribution in [0.2, 0.25) is 0 Å². The molecule has 0 unspecified atom stereocenters. The summed E-state index contributed by atoms with van der Waals surface area (Å²) in [5.74, 6) is -1.65. The van der Waals surface area contributed by atoms with Gasteiger partial charge in [0.25, 0.3) is 5.91 Å². The van der Waals surface area contributed by atoms with Gasteiger partial charge in [-0.05, 0) is 43.9 Å². The van der Waals surface area contributed by atoms with Crippen LogP contribution in [-0.4, -0.2) is 48.8 Å². The molecule has 1 aliphatic rings. The zero-order chi connectivity index (χ0) is 20.0. The normalized spacial score (nSPS) is 16.7. The molecule has 1 fully saturated rings. The number of benzene rings is 1. The molecule has 2 rings (SSSR count). The van der Waals surface area contributed by atoms with Crippen LogP contribution < -0.4 is 5.32 Å². The van der Waals surface area contributed by atoms with Crippen molar-refractivity contribution in [2.24, 2.45) is 0 Å². The van der Waals surface area contributed by atoms with E-state index in [0.29, 0.717) is 31.5 Å². The minimum Gasteiger partial charge on any atom is -0.480 e. The Balaban J connectivity index is 2.25. The van der Waals surface area contributed by atoms with E-state index in [0.717, 1.165) is 25.7 Å². The van der Waals surface area contributed by atoms with E-state index in [-0.39, 0.29) is 10.5 Å². The molecule has 1 aliphatic heterocycles. The zero-order valence-corrected chi connectivity index (χ0v) is 16.7. The SMILES string of the molecule is CCCC[C@H](NC(=O)c1cc(S(=O)(=O)N2CCCCC2)ccc1C)C(=O)O. The van der Waals surface area contributed by atoms with E-state index in [4.69, 9.17) is 0 Å². The van der Waals surface area contributed by atoms with Gasteiger partial charge in [-0.15, -0.1) is 0 Å².